The van der Waals surface area contributed by atoms with Crippen LogP contribution >= 0.6 is 0 Å². The van der Waals surface area contributed by atoms with Crippen molar-refractivity contribution in [3.05, 3.63) is 78.5 Å². The van der Waals surface area contributed by atoms with Gasteiger partial charge in [0.1, 0.15) is 23.3 Å². The van der Waals surface area contributed by atoms with E-state index in [0.29, 0.717) is 28.8 Å². The van der Waals surface area contributed by atoms with Gasteiger partial charge in [-0.1, -0.05) is 0 Å². The summed E-state index contributed by atoms with van der Waals surface area (Å²) in [4.78, 5) is 34.8. The summed E-state index contributed by atoms with van der Waals surface area (Å²) in [5.41, 5.74) is 10.7. The van der Waals surface area contributed by atoms with Crippen LogP contribution < -0.4 is 16.0 Å². The molecule has 1 aromatic carbocycles. The Labute approximate surface area is 212 Å². The lowest BCUT2D eigenvalue weighted by Crippen LogP contribution is -2.42. The third-order valence-electron chi connectivity index (χ3n) is 6.75. The quantitative estimate of drug-likeness (QED) is 0.340. The van der Waals surface area contributed by atoms with Gasteiger partial charge in [0.2, 0.25) is 0 Å². The highest BCUT2D eigenvalue weighted by Crippen LogP contribution is 2.35. The second-order valence-corrected chi connectivity index (χ2v) is 9.28. The van der Waals surface area contributed by atoms with Crippen LogP contribution in [-0.2, 0) is 6.54 Å². The average molecular weight is 497 g/mol. The second-order valence-electron chi connectivity index (χ2n) is 9.28. The van der Waals surface area contributed by atoms with E-state index >= 15 is 4.39 Å². The molecule has 1 amide bonds. The van der Waals surface area contributed by atoms with E-state index in [1.54, 1.807) is 30.9 Å². The Kier molecular flexibility index (Phi) is 5.93. The lowest BCUT2D eigenvalue weighted by Gasteiger charge is -2.33. The van der Waals surface area contributed by atoms with Gasteiger partial charge >= 0.3 is 0 Å². The number of H-pyrrole nitrogens is 1. The van der Waals surface area contributed by atoms with Crippen molar-refractivity contribution in [2.45, 2.75) is 25.4 Å². The number of fused-ring (bicyclic) bond motifs is 2. The van der Waals surface area contributed by atoms with Crippen LogP contribution in [0.15, 0.2) is 61.6 Å². The predicted octanol–water partition coefficient (Wildman–Crippen LogP) is 3.56. The van der Waals surface area contributed by atoms with E-state index in [9.17, 15) is 4.79 Å². The highest BCUT2D eigenvalue weighted by Gasteiger charge is 2.21. The van der Waals surface area contributed by atoms with Crippen LogP contribution in [0.1, 0.15) is 28.8 Å². The average Bonchev–Trinajstić information content (AvgIpc) is 3.35. The number of hydrogen-bond acceptors (Lipinski definition) is 7. The van der Waals surface area contributed by atoms with Gasteiger partial charge in [0, 0.05) is 84.2 Å². The van der Waals surface area contributed by atoms with Crippen LogP contribution in [-0.4, -0.2) is 50.0 Å². The van der Waals surface area contributed by atoms with Crippen LogP contribution in [0.4, 0.5) is 10.1 Å². The number of carbonyl (C=O) groups is 1. The maximum absolute atomic E-state index is 15.3. The fraction of sp³-hybridized carbons (Fsp3) is 0.222. The zero-order chi connectivity index (χ0) is 25.4. The normalized spacial score (nSPS) is 15.8. The minimum Gasteiger partial charge on any atom is -0.369 e. The molecular formula is C27H25FN8O. The molecule has 5 heterocycles. The summed E-state index contributed by atoms with van der Waals surface area (Å²) in [6, 6.07) is 7.20. The summed E-state index contributed by atoms with van der Waals surface area (Å²) in [6.45, 7) is 1.88. The molecule has 0 radical (unpaired) electrons. The molecule has 10 heteroatoms. The number of nitrogens with two attached hydrogens (primary N) is 1. The third-order valence-corrected chi connectivity index (χ3v) is 6.75. The second kappa shape index (κ2) is 9.55. The molecule has 1 atom stereocenters. The molecule has 1 fully saturated rings. The van der Waals surface area contributed by atoms with Gasteiger partial charge < -0.3 is 20.9 Å². The molecule has 0 aliphatic carbocycles. The van der Waals surface area contributed by atoms with Gasteiger partial charge in [0.25, 0.3) is 5.91 Å². The van der Waals surface area contributed by atoms with Gasteiger partial charge in [-0.05, 0) is 42.7 Å². The molecule has 1 saturated heterocycles. The lowest BCUT2D eigenvalue weighted by atomic mass is 10.00. The Balaban J connectivity index is 1.37. The first-order valence-electron chi connectivity index (χ1n) is 12.1. The molecule has 4 N–H and O–H groups in total. The van der Waals surface area contributed by atoms with E-state index in [0.717, 1.165) is 53.5 Å². The Morgan fingerprint density at radius 2 is 2.03 bits per heavy atom. The van der Waals surface area contributed by atoms with Crippen LogP contribution in [0.5, 0.6) is 0 Å². The topological polar surface area (TPSA) is 126 Å². The molecule has 0 bridgehead atoms. The molecule has 6 rings (SSSR count). The summed E-state index contributed by atoms with van der Waals surface area (Å²) >= 11 is 0. The summed E-state index contributed by atoms with van der Waals surface area (Å²) in [5.74, 6) is -0.681. The SMILES string of the molecule is N[C@@H]1CCCN(c2ccnc3c(F)cc(-c4c[nH]c5ncc(C(=O)NCc6cncnc6)cc45)cc23)C1. The van der Waals surface area contributed by atoms with Crippen molar-refractivity contribution in [1.82, 2.24) is 30.2 Å². The number of nitrogens with one attached hydrogen (secondary N) is 2. The number of carbonyl (C=O) groups excluding carboxylic acids is 1. The lowest BCUT2D eigenvalue weighted by molar-refractivity contribution is 0.0950. The summed E-state index contributed by atoms with van der Waals surface area (Å²) in [7, 11) is 0. The molecule has 0 spiro atoms. The zero-order valence-corrected chi connectivity index (χ0v) is 20.0. The van der Waals surface area contributed by atoms with E-state index in [2.05, 4.69) is 35.1 Å². The highest BCUT2D eigenvalue weighted by molar-refractivity contribution is 6.03. The Hall–Kier alpha value is -4.44. The minimum absolute atomic E-state index is 0.0867. The first kappa shape index (κ1) is 23.0. The molecule has 0 saturated carbocycles. The monoisotopic (exact) mass is 496 g/mol. The van der Waals surface area contributed by atoms with Crippen LogP contribution in [0, 0.1) is 5.82 Å². The number of anilines is 1. The number of rotatable bonds is 5. The van der Waals surface area contributed by atoms with E-state index < -0.39 is 5.82 Å². The molecule has 5 aromatic rings. The first-order valence-corrected chi connectivity index (χ1v) is 12.1. The van der Waals surface area contributed by atoms with Crippen molar-refractivity contribution in [3.8, 4) is 11.1 Å². The minimum atomic E-state index is -0.406. The van der Waals surface area contributed by atoms with E-state index in [4.69, 9.17) is 5.73 Å². The van der Waals surface area contributed by atoms with Crippen molar-refractivity contribution < 1.29 is 9.18 Å². The number of aromatic nitrogens is 5. The molecule has 0 unspecified atom stereocenters. The Morgan fingerprint density at radius 1 is 1.16 bits per heavy atom. The fourth-order valence-corrected chi connectivity index (χ4v) is 4.93. The van der Waals surface area contributed by atoms with Crippen molar-refractivity contribution in [1.29, 1.82) is 0 Å². The standard InChI is InChI=1S/C27H25FN8O/c28-23-8-17(6-21-24(3-4-32-25(21)23)36-5-1-2-19(29)14-36)22-13-34-26-20(22)7-18(12-33-26)27(37)35-11-16-9-30-15-31-10-16/h3-4,6-10,12-13,15,19H,1-2,5,11,14,29H2,(H,33,34)(H,35,37)/t19-/m1/s1. The molecule has 9 nitrogen and oxygen atoms in total. The van der Waals surface area contributed by atoms with Crippen LogP contribution in [0.25, 0.3) is 33.1 Å². The number of piperidine rings is 1. The maximum atomic E-state index is 15.3. The summed E-state index contributed by atoms with van der Waals surface area (Å²) in [6.07, 6.45) is 11.6. The molecule has 4 aromatic heterocycles. The summed E-state index contributed by atoms with van der Waals surface area (Å²) in [5, 5.41) is 4.31. The van der Waals surface area contributed by atoms with Gasteiger partial charge in [0.05, 0.1) is 5.56 Å². The van der Waals surface area contributed by atoms with Gasteiger partial charge in [-0.3, -0.25) is 9.78 Å². The van der Waals surface area contributed by atoms with E-state index in [-0.39, 0.29) is 11.9 Å². The van der Waals surface area contributed by atoms with Gasteiger partial charge in [-0.25, -0.2) is 19.3 Å². The Bertz CT molecular complexity index is 1600. The number of pyridine rings is 2. The number of aromatic amines is 1. The van der Waals surface area contributed by atoms with Gasteiger partial charge in [-0.2, -0.15) is 0 Å². The largest absolute Gasteiger partial charge is 0.369 e. The van der Waals surface area contributed by atoms with E-state index in [1.807, 2.05) is 12.1 Å². The maximum Gasteiger partial charge on any atom is 0.253 e. The number of amides is 1. The first-order chi connectivity index (χ1) is 18.1. The van der Waals surface area contributed by atoms with Gasteiger partial charge in [0.15, 0.2) is 0 Å². The third kappa shape index (κ3) is 4.47. The van der Waals surface area contributed by atoms with Crippen LogP contribution in [0.2, 0.25) is 0 Å². The van der Waals surface area contributed by atoms with E-state index in [1.165, 1.54) is 18.6 Å². The number of benzene rings is 1. The highest BCUT2D eigenvalue weighted by atomic mass is 19.1. The smallest absolute Gasteiger partial charge is 0.253 e. The molecule has 37 heavy (non-hydrogen) atoms. The van der Waals surface area contributed by atoms with Crippen molar-refractivity contribution in [2.75, 3.05) is 18.0 Å². The number of hydrogen-bond donors (Lipinski definition) is 3. The van der Waals surface area contributed by atoms with Crippen molar-refractivity contribution in [3.63, 3.8) is 0 Å². The predicted molar refractivity (Wildman–Crippen MR) is 139 cm³/mol. The Morgan fingerprint density at radius 3 is 2.86 bits per heavy atom. The van der Waals surface area contributed by atoms with Crippen LogP contribution in [0.3, 0.4) is 0 Å². The number of nitrogens with zero attached hydrogens (tertiary/aromatic N) is 5. The van der Waals surface area contributed by atoms with Gasteiger partial charge in [-0.15, -0.1) is 0 Å². The van der Waals surface area contributed by atoms with Crippen molar-refractivity contribution in [2.24, 2.45) is 5.73 Å². The zero-order valence-electron chi connectivity index (χ0n) is 20.0. The molecular weight excluding hydrogens is 471 g/mol. The molecule has 1 aliphatic rings. The molecule has 186 valence electrons. The van der Waals surface area contributed by atoms with Crippen molar-refractivity contribution >= 4 is 33.5 Å². The fourth-order valence-electron chi connectivity index (χ4n) is 4.93. The summed E-state index contributed by atoms with van der Waals surface area (Å²) < 4.78 is 15.3. The molecule has 1 aliphatic heterocycles. The number of halogens is 1.